The summed E-state index contributed by atoms with van der Waals surface area (Å²) in [6.07, 6.45) is -0.699. The molecule has 36 heavy (non-hydrogen) atoms. The van der Waals surface area contributed by atoms with Crippen molar-refractivity contribution in [3.63, 3.8) is 0 Å². The van der Waals surface area contributed by atoms with E-state index in [2.05, 4.69) is 44.0 Å². The number of nitrogens with one attached hydrogen (secondary N) is 2. The highest BCUT2D eigenvalue weighted by atomic mass is 32.2. The Labute approximate surface area is 212 Å². The Hall–Kier alpha value is -2.35. The molecule has 1 aliphatic carbocycles. The second-order valence-corrected chi connectivity index (χ2v) is 12.7. The second kappa shape index (κ2) is 9.19. The lowest BCUT2D eigenvalue weighted by Gasteiger charge is -2.38. The molecule has 13 heteroatoms. The Balaban J connectivity index is 1.76. The number of sulfonamides is 1. The number of aryl methyl sites for hydroxylation is 1. The van der Waals surface area contributed by atoms with Crippen LogP contribution in [0.2, 0.25) is 0 Å². The zero-order valence-corrected chi connectivity index (χ0v) is 22.2. The van der Waals surface area contributed by atoms with Gasteiger partial charge in [-0.1, -0.05) is 18.3 Å². The maximum absolute atomic E-state index is 13.5. The van der Waals surface area contributed by atoms with Crippen molar-refractivity contribution < 1.29 is 17.2 Å². The van der Waals surface area contributed by atoms with Gasteiger partial charge in [-0.05, 0) is 45.7 Å². The fourth-order valence-electron chi connectivity index (χ4n) is 4.57. The molecule has 2 atom stereocenters. The average Bonchev–Trinajstić information content (AvgIpc) is 3.31. The van der Waals surface area contributed by atoms with Gasteiger partial charge in [0.15, 0.2) is 10.0 Å². The van der Waals surface area contributed by atoms with Gasteiger partial charge in [0, 0.05) is 42.5 Å². The number of hydrogen-bond acceptors (Lipinski definition) is 9. The fourth-order valence-corrected chi connectivity index (χ4v) is 6.78. The van der Waals surface area contributed by atoms with Crippen LogP contribution in [0.4, 0.5) is 14.5 Å². The van der Waals surface area contributed by atoms with Gasteiger partial charge in [-0.15, -0.1) is 10.2 Å². The first-order valence-electron chi connectivity index (χ1n) is 12.0. The molecule has 1 saturated carbocycles. The maximum Gasteiger partial charge on any atom is 0.291 e. The number of fused-ring (bicyclic) bond motifs is 1. The van der Waals surface area contributed by atoms with Crippen molar-refractivity contribution in [2.45, 2.75) is 75.9 Å². The topological polar surface area (TPSA) is 113 Å². The van der Waals surface area contributed by atoms with E-state index in [-0.39, 0.29) is 22.0 Å². The summed E-state index contributed by atoms with van der Waals surface area (Å²) in [6.45, 7) is 9.25. The molecular formula is C23H29F2N7O2S2. The summed E-state index contributed by atoms with van der Waals surface area (Å²) in [5.41, 5.74) is 1.10. The van der Waals surface area contributed by atoms with Gasteiger partial charge in [-0.2, -0.15) is 0 Å². The molecule has 0 spiro atoms. The number of alkyl halides is 2. The first-order chi connectivity index (χ1) is 17.0. The van der Waals surface area contributed by atoms with Crippen LogP contribution in [0, 0.1) is 0 Å². The Morgan fingerprint density at radius 2 is 1.89 bits per heavy atom. The van der Waals surface area contributed by atoms with E-state index in [4.69, 9.17) is 4.98 Å². The van der Waals surface area contributed by atoms with Crippen LogP contribution < -0.4 is 14.9 Å². The van der Waals surface area contributed by atoms with E-state index < -0.39 is 27.0 Å². The lowest BCUT2D eigenvalue weighted by molar-refractivity contribution is 0.150. The van der Waals surface area contributed by atoms with Gasteiger partial charge in [0.1, 0.15) is 11.5 Å². The van der Waals surface area contributed by atoms with Crippen LogP contribution in [-0.4, -0.2) is 59.3 Å². The molecule has 2 N–H and O–H groups in total. The van der Waals surface area contributed by atoms with E-state index in [1.54, 1.807) is 6.07 Å². The third-order valence-electron chi connectivity index (χ3n) is 6.54. The normalized spacial score (nSPS) is 21.9. The Morgan fingerprint density at radius 1 is 1.19 bits per heavy atom. The van der Waals surface area contributed by atoms with Crippen LogP contribution in [0.5, 0.6) is 0 Å². The minimum atomic E-state index is -3.86. The van der Waals surface area contributed by atoms with Crippen molar-refractivity contribution in [1.82, 2.24) is 30.2 Å². The zero-order chi connectivity index (χ0) is 25.8. The predicted molar refractivity (Wildman–Crippen MR) is 135 cm³/mol. The summed E-state index contributed by atoms with van der Waals surface area (Å²) in [4.78, 5) is 11.6. The average molecular weight is 538 g/mol. The summed E-state index contributed by atoms with van der Waals surface area (Å²) in [5.74, 6) is 0.517. The summed E-state index contributed by atoms with van der Waals surface area (Å²) < 4.78 is 56.3. The highest BCUT2D eigenvalue weighted by Gasteiger charge is 2.41. The number of piperazine rings is 1. The van der Waals surface area contributed by atoms with Gasteiger partial charge < -0.3 is 10.2 Å². The zero-order valence-electron chi connectivity index (χ0n) is 20.5. The third kappa shape index (κ3) is 4.93. The monoisotopic (exact) mass is 537 g/mol. The smallest absolute Gasteiger partial charge is 0.291 e. The number of hydrogen-bond donors (Lipinski definition) is 2. The summed E-state index contributed by atoms with van der Waals surface area (Å²) >= 11 is 0.753. The van der Waals surface area contributed by atoms with Crippen molar-refractivity contribution >= 4 is 38.0 Å². The largest absolute Gasteiger partial charge is 0.367 e. The maximum atomic E-state index is 13.5. The van der Waals surface area contributed by atoms with Crippen molar-refractivity contribution in [3.8, 4) is 10.7 Å². The van der Waals surface area contributed by atoms with Gasteiger partial charge in [-0.25, -0.2) is 31.9 Å². The van der Waals surface area contributed by atoms with Gasteiger partial charge in [0.2, 0.25) is 10.0 Å². The molecule has 5 rings (SSSR count). The standard InChI is InChI=1S/C23H29F2N7O2S2/c1-5-17-27-18-15(19(28-17)21-29-30-22(35-21)20(24)25)8-14(36(33,34)31-23(4)6-7-23)9-16(18)32-10-12(2)26-13(3)11-32/h8-9,12-13,20,26,31H,5-7,10-11H2,1-4H3/t12-,13-/m0/s1. The highest BCUT2D eigenvalue weighted by molar-refractivity contribution is 7.89. The van der Waals surface area contributed by atoms with Crippen LogP contribution >= 0.6 is 11.3 Å². The molecule has 1 aliphatic heterocycles. The van der Waals surface area contributed by atoms with E-state index >= 15 is 0 Å². The second-order valence-electron chi connectivity index (χ2n) is 9.97. The van der Waals surface area contributed by atoms with Crippen LogP contribution in [0.25, 0.3) is 21.6 Å². The van der Waals surface area contributed by atoms with Crippen LogP contribution in [-0.2, 0) is 16.4 Å². The molecule has 9 nitrogen and oxygen atoms in total. The third-order valence-corrected chi connectivity index (χ3v) is 9.09. The molecule has 0 unspecified atom stereocenters. The van der Waals surface area contributed by atoms with E-state index in [9.17, 15) is 17.2 Å². The SMILES string of the molecule is CCc1nc(-c2nnc(C(F)F)s2)c2cc(S(=O)(=O)NC3(C)CC3)cc(N3C[C@H](C)N[C@@H](C)C3)c2n1. The fraction of sp³-hybridized carbons (Fsp3) is 0.565. The number of halogens is 2. The molecule has 1 aromatic carbocycles. The molecule has 3 aromatic rings. The number of benzene rings is 1. The number of aromatic nitrogens is 4. The van der Waals surface area contributed by atoms with Crippen molar-refractivity contribution in [2.75, 3.05) is 18.0 Å². The van der Waals surface area contributed by atoms with Gasteiger partial charge >= 0.3 is 0 Å². The minimum absolute atomic E-state index is 0.0876. The molecule has 0 radical (unpaired) electrons. The highest BCUT2D eigenvalue weighted by Crippen LogP contribution is 2.40. The Kier molecular flexibility index (Phi) is 6.46. The lowest BCUT2D eigenvalue weighted by Crippen LogP contribution is -2.54. The predicted octanol–water partition coefficient (Wildman–Crippen LogP) is 3.67. The van der Waals surface area contributed by atoms with Crippen molar-refractivity contribution in [3.05, 3.63) is 23.0 Å². The molecule has 1 saturated heterocycles. The summed E-state index contributed by atoms with van der Waals surface area (Å²) in [7, 11) is -3.86. The first kappa shape index (κ1) is 25.3. The number of nitrogens with zero attached hydrogens (tertiary/aromatic N) is 5. The summed E-state index contributed by atoms with van der Waals surface area (Å²) in [6, 6.07) is 3.55. The van der Waals surface area contributed by atoms with Crippen molar-refractivity contribution in [2.24, 2.45) is 0 Å². The molecule has 2 fully saturated rings. The molecule has 0 bridgehead atoms. The molecule has 2 aromatic heterocycles. The van der Waals surface area contributed by atoms with E-state index in [1.807, 2.05) is 13.8 Å². The Morgan fingerprint density at radius 3 is 2.47 bits per heavy atom. The van der Waals surface area contributed by atoms with E-state index in [0.29, 0.717) is 47.6 Å². The molecule has 194 valence electrons. The number of rotatable bonds is 7. The van der Waals surface area contributed by atoms with Crippen LogP contribution in [0.15, 0.2) is 17.0 Å². The van der Waals surface area contributed by atoms with Gasteiger partial charge in [0.25, 0.3) is 6.43 Å². The summed E-state index contributed by atoms with van der Waals surface area (Å²) in [5, 5.41) is 11.3. The Bertz CT molecular complexity index is 1400. The van der Waals surface area contributed by atoms with Crippen molar-refractivity contribution in [1.29, 1.82) is 0 Å². The quantitative estimate of drug-likeness (QED) is 0.470. The van der Waals surface area contributed by atoms with Crippen LogP contribution in [0.1, 0.15) is 57.8 Å². The van der Waals surface area contributed by atoms with Gasteiger partial charge in [-0.3, -0.25) is 0 Å². The lowest BCUT2D eigenvalue weighted by atomic mass is 10.1. The number of anilines is 1. The first-order valence-corrected chi connectivity index (χ1v) is 14.3. The van der Waals surface area contributed by atoms with Crippen LogP contribution in [0.3, 0.4) is 0 Å². The minimum Gasteiger partial charge on any atom is -0.367 e. The van der Waals surface area contributed by atoms with E-state index in [1.165, 1.54) is 6.07 Å². The molecule has 3 heterocycles. The van der Waals surface area contributed by atoms with E-state index in [0.717, 1.165) is 24.2 Å². The van der Waals surface area contributed by atoms with Gasteiger partial charge in [0.05, 0.1) is 16.1 Å². The molecule has 2 aliphatic rings. The molecule has 0 amide bonds. The molecular weight excluding hydrogens is 508 g/mol.